The summed E-state index contributed by atoms with van der Waals surface area (Å²) in [6.07, 6.45) is 3.46. The number of carbonyl (C=O) groups excluding carboxylic acids is 2. The second kappa shape index (κ2) is 7.32. The molecule has 1 aromatic carbocycles. The first-order valence-corrected chi connectivity index (χ1v) is 9.24. The molecule has 24 heavy (non-hydrogen) atoms. The van der Waals surface area contributed by atoms with Crippen LogP contribution in [-0.2, 0) is 9.59 Å². The zero-order chi connectivity index (χ0) is 17.3. The van der Waals surface area contributed by atoms with Gasteiger partial charge in [0.05, 0.1) is 16.1 Å². The molecule has 0 N–H and O–H groups in total. The van der Waals surface area contributed by atoms with Crippen LogP contribution in [0.25, 0.3) is 0 Å². The summed E-state index contributed by atoms with van der Waals surface area (Å²) in [4.78, 5) is 28.2. The van der Waals surface area contributed by atoms with Crippen LogP contribution in [0.4, 0.5) is 0 Å². The van der Waals surface area contributed by atoms with Crippen LogP contribution in [0.5, 0.6) is 0 Å². The fraction of sp³-hybridized carbons (Fsp3) is 0.556. The Hall–Kier alpha value is -1.26. The minimum absolute atomic E-state index is 0.0176. The lowest BCUT2D eigenvalue weighted by molar-refractivity contribution is -0.140. The van der Waals surface area contributed by atoms with Gasteiger partial charge in [-0.15, -0.1) is 0 Å². The van der Waals surface area contributed by atoms with Gasteiger partial charge in [0.15, 0.2) is 0 Å². The van der Waals surface area contributed by atoms with Gasteiger partial charge in [0.2, 0.25) is 11.8 Å². The van der Waals surface area contributed by atoms with Crippen molar-refractivity contribution in [2.45, 2.75) is 38.6 Å². The van der Waals surface area contributed by atoms with Crippen LogP contribution < -0.4 is 0 Å². The van der Waals surface area contributed by atoms with Crippen LogP contribution >= 0.6 is 23.2 Å². The minimum atomic E-state index is 0.0176. The molecule has 3 rings (SSSR count). The van der Waals surface area contributed by atoms with Crippen LogP contribution in [0.2, 0.25) is 10.0 Å². The second-order valence-electron chi connectivity index (χ2n) is 6.64. The molecule has 0 saturated carbocycles. The summed E-state index contributed by atoms with van der Waals surface area (Å²) in [6, 6.07) is 5.71. The number of rotatable bonds is 2. The van der Waals surface area contributed by atoms with E-state index in [1.165, 1.54) is 0 Å². The van der Waals surface area contributed by atoms with Gasteiger partial charge in [-0.25, -0.2) is 0 Å². The molecule has 2 amide bonds. The predicted molar refractivity (Wildman–Crippen MR) is 95.1 cm³/mol. The Balaban J connectivity index is 1.70. The van der Waals surface area contributed by atoms with E-state index in [0.29, 0.717) is 23.1 Å². The molecule has 0 aliphatic carbocycles. The van der Waals surface area contributed by atoms with Gasteiger partial charge in [0.25, 0.3) is 0 Å². The van der Waals surface area contributed by atoms with Crippen molar-refractivity contribution in [3.05, 3.63) is 33.8 Å². The SMILES string of the molecule is CC(=O)N1CCC(C(=O)N2CCC[C@@H]2c2ccc(Cl)c(Cl)c2)CC1. The molecule has 0 bridgehead atoms. The maximum absolute atomic E-state index is 13.0. The number of nitrogens with zero attached hydrogens (tertiary/aromatic N) is 2. The van der Waals surface area contributed by atoms with E-state index >= 15 is 0 Å². The number of hydrogen-bond donors (Lipinski definition) is 0. The van der Waals surface area contributed by atoms with Gasteiger partial charge in [-0.1, -0.05) is 29.3 Å². The zero-order valence-electron chi connectivity index (χ0n) is 13.8. The smallest absolute Gasteiger partial charge is 0.226 e. The van der Waals surface area contributed by atoms with Crippen molar-refractivity contribution in [2.24, 2.45) is 5.92 Å². The molecule has 0 radical (unpaired) electrons. The fourth-order valence-corrected chi connectivity index (χ4v) is 4.08. The molecule has 1 aromatic rings. The quantitative estimate of drug-likeness (QED) is 0.793. The van der Waals surface area contributed by atoms with Gasteiger partial charge in [0, 0.05) is 32.5 Å². The Morgan fingerprint density at radius 3 is 2.38 bits per heavy atom. The van der Waals surface area contributed by atoms with Gasteiger partial charge in [-0.2, -0.15) is 0 Å². The van der Waals surface area contributed by atoms with Gasteiger partial charge < -0.3 is 9.80 Å². The maximum atomic E-state index is 13.0. The Bertz CT molecular complexity index is 642. The number of hydrogen-bond acceptors (Lipinski definition) is 2. The molecule has 2 aliphatic rings. The molecule has 0 unspecified atom stereocenters. The number of halogens is 2. The normalized spacial score (nSPS) is 22.0. The summed E-state index contributed by atoms with van der Waals surface area (Å²) in [6.45, 7) is 3.73. The number of piperidine rings is 1. The third kappa shape index (κ3) is 3.55. The fourth-order valence-electron chi connectivity index (χ4n) is 3.77. The largest absolute Gasteiger partial charge is 0.343 e. The number of benzene rings is 1. The molecule has 4 nitrogen and oxygen atoms in total. The monoisotopic (exact) mass is 368 g/mol. The van der Waals surface area contributed by atoms with Crippen LogP contribution in [0.15, 0.2) is 18.2 Å². The summed E-state index contributed by atoms with van der Waals surface area (Å²) < 4.78 is 0. The van der Waals surface area contributed by atoms with E-state index in [9.17, 15) is 9.59 Å². The Morgan fingerprint density at radius 2 is 1.75 bits per heavy atom. The molecular weight excluding hydrogens is 347 g/mol. The highest BCUT2D eigenvalue weighted by atomic mass is 35.5. The van der Waals surface area contributed by atoms with Gasteiger partial charge in [-0.05, 0) is 43.4 Å². The van der Waals surface area contributed by atoms with Crippen molar-refractivity contribution in [1.82, 2.24) is 9.80 Å². The summed E-state index contributed by atoms with van der Waals surface area (Å²) in [5, 5.41) is 1.07. The lowest BCUT2D eigenvalue weighted by Gasteiger charge is -2.34. The van der Waals surface area contributed by atoms with E-state index in [1.807, 2.05) is 21.9 Å². The predicted octanol–water partition coefficient (Wildman–Crippen LogP) is 3.92. The van der Waals surface area contributed by atoms with Gasteiger partial charge in [0.1, 0.15) is 0 Å². The summed E-state index contributed by atoms with van der Waals surface area (Å²) in [5.74, 6) is 0.325. The lowest BCUT2D eigenvalue weighted by Crippen LogP contribution is -2.43. The highest BCUT2D eigenvalue weighted by Crippen LogP contribution is 2.36. The third-order valence-corrected chi connectivity index (χ3v) is 5.89. The average molecular weight is 369 g/mol. The topological polar surface area (TPSA) is 40.6 Å². The van der Waals surface area contributed by atoms with Gasteiger partial charge >= 0.3 is 0 Å². The minimum Gasteiger partial charge on any atom is -0.343 e. The molecule has 2 aliphatic heterocycles. The van der Waals surface area contributed by atoms with Crippen molar-refractivity contribution < 1.29 is 9.59 Å². The molecular formula is C18H22Cl2N2O2. The van der Waals surface area contributed by atoms with E-state index in [2.05, 4.69) is 0 Å². The highest BCUT2D eigenvalue weighted by molar-refractivity contribution is 6.42. The highest BCUT2D eigenvalue weighted by Gasteiger charge is 2.35. The number of carbonyl (C=O) groups is 2. The standard InChI is InChI=1S/C18H22Cl2N2O2/c1-12(23)21-9-6-13(7-10-21)18(24)22-8-2-3-17(22)14-4-5-15(19)16(20)11-14/h4-5,11,13,17H,2-3,6-10H2,1H3/t17-/m1/s1. The number of amides is 2. The van der Waals surface area contributed by atoms with Crippen LogP contribution in [0, 0.1) is 5.92 Å². The van der Waals surface area contributed by atoms with Gasteiger partial charge in [-0.3, -0.25) is 9.59 Å². The molecule has 2 fully saturated rings. The molecule has 2 heterocycles. The number of likely N-dealkylation sites (tertiary alicyclic amines) is 2. The first-order valence-electron chi connectivity index (χ1n) is 8.48. The molecule has 6 heteroatoms. The van der Waals surface area contributed by atoms with Crippen molar-refractivity contribution in [2.75, 3.05) is 19.6 Å². The van der Waals surface area contributed by atoms with E-state index in [1.54, 1.807) is 13.0 Å². The Kier molecular flexibility index (Phi) is 5.36. The zero-order valence-corrected chi connectivity index (χ0v) is 15.3. The van der Waals surface area contributed by atoms with Crippen molar-refractivity contribution >= 4 is 35.0 Å². The first kappa shape index (κ1) is 17.6. The van der Waals surface area contributed by atoms with E-state index in [-0.39, 0.29) is 23.8 Å². The van der Waals surface area contributed by atoms with E-state index < -0.39 is 0 Å². The molecule has 2 saturated heterocycles. The lowest BCUT2D eigenvalue weighted by atomic mass is 9.94. The molecule has 0 aromatic heterocycles. The van der Waals surface area contributed by atoms with E-state index in [4.69, 9.17) is 23.2 Å². The van der Waals surface area contributed by atoms with Crippen LogP contribution in [0.1, 0.15) is 44.2 Å². The van der Waals surface area contributed by atoms with Crippen molar-refractivity contribution in [3.63, 3.8) is 0 Å². The molecule has 0 spiro atoms. The molecule has 130 valence electrons. The van der Waals surface area contributed by atoms with Crippen molar-refractivity contribution in [3.8, 4) is 0 Å². The third-order valence-electron chi connectivity index (χ3n) is 5.15. The second-order valence-corrected chi connectivity index (χ2v) is 7.46. The van der Waals surface area contributed by atoms with E-state index in [0.717, 1.165) is 37.8 Å². The molecule has 1 atom stereocenters. The summed E-state index contributed by atoms with van der Waals surface area (Å²) in [5.41, 5.74) is 1.05. The van der Waals surface area contributed by atoms with Crippen molar-refractivity contribution in [1.29, 1.82) is 0 Å². The van der Waals surface area contributed by atoms with Crippen LogP contribution in [-0.4, -0.2) is 41.2 Å². The maximum Gasteiger partial charge on any atom is 0.226 e. The Morgan fingerprint density at radius 1 is 1.04 bits per heavy atom. The first-order chi connectivity index (χ1) is 11.5. The summed E-state index contributed by atoms with van der Waals surface area (Å²) >= 11 is 12.1. The average Bonchev–Trinajstić information content (AvgIpc) is 3.06. The van der Waals surface area contributed by atoms with Crippen LogP contribution in [0.3, 0.4) is 0 Å². The summed E-state index contributed by atoms with van der Waals surface area (Å²) in [7, 11) is 0. The Labute approximate surface area is 152 Å².